The Morgan fingerprint density at radius 2 is 1.92 bits per heavy atom. The molecule has 1 unspecified atom stereocenters. The number of methoxy groups -OCH3 is 1. The number of ether oxygens (including phenoxy) is 3. The number of allylic oxidation sites excluding steroid dienone is 1. The van der Waals surface area contributed by atoms with E-state index in [-0.39, 0.29) is 12.2 Å². The van der Waals surface area contributed by atoms with Crippen LogP contribution in [0.5, 0.6) is 5.75 Å². The molecular formula is C19H22O5. The van der Waals surface area contributed by atoms with Crippen LogP contribution in [0, 0.1) is 0 Å². The van der Waals surface area contributed by atoms with Crippen LogP contribution in [0.15, 0.2) is 35.9 Å². The van der Waals surface area contributed by atoms with Gasteiger partial charge in [-0.25, -0.2) is 9.59 Å². The lowest BCUT2D eigenvalue weighted by atomic mass is 9.88. The Bertz CT molecular complexity index is 714. The van der Waals surface area contributed by atoms with Crippen LogP contribution in [-0.4, -0.2) is 32.3 Å². The average molecular weight is 330 g/mol. The normalized spacial score (nSPS) is 15.8. The molecule has 128 valence electrons. The molecule has 1 aromatic carbocycles. The Balaban J connectivity index is 2.56. The van der Waals surface area contributed by atoms with Crippen molar-refractivity contribution < 1.29 is 23.8 Å². The molecule has 0 aliphatic heterocycles. The molecule has 1 aromatic rings. The molecule has 1 atom stereocenters. The molecule has 0 saturated heterocycles. The summed E-state index contributed by atoms with van der Waals surface area (Å²) in [6.45, 7) is 10.1. The number of fused-ring (bicyclic) bond motifs is 1. The van der Waals surface area contributed by atoms with Crippen LogP contribution in [0.2, 0.25) is 0 Å². The maximum Gasteiger partial charge on any atom is 0.335 e. The topological polar surface area (TPSA) is 61.8 Å². The molecule has 0 spiro atoms. The van der Waals surface area contributed by atoms with Crippen molar-refractivity contribution in [1.82, 2.24) is 0 Å². The van der Waals surface area contributed by atoms with E-state index in [0.29, 0.717) is 17.9 Å². The van der Waals surface area contributed by atoms with Crippen LogP contribution in [0.25, 0.3) is 5.57 Å². The fourth-order valence-corrected chi connectivity index (χ4v) is 2.98. The Kier molecular flexibility index (Phi) is 5.44. The first-order valence-electron chi connectivity index (χ1n) is 7.88. The van der Waals surface area contributed by atoms with Crippen molar-refractivity contribution in [2.75, 3.05) is 20.3 Å². The maximum atomic E-state index is 12.3. The molecule has 24 heavy (non-hydrogen) atoms. The van der Waals surface area contributed by atoms with Gasteiger partial charge in [0.05, 0.1) is 25.9 Å². The Labute approximate surface area is 141 Å². The number of carbonyl (C=O) groups is 2. The molecule has 5 nitrogen and oxygen atoms in total. The highest BCUT2D eigenvalue weighted by molar-refractivity contribution is 6.06. The summed E-state index contributed by atoms with van der Waals surface area (Å²) in [5, 5.41) is 0. The van der Waals surface area contributed by atoms with E-state index < -0.39 is 17.9 Å². The van der Waals surface area contributed by atoms with Gasteiger partial charge >= 0.3 is 11.9 Å². The van der Waals surface area contributed by atoms with E-state index in [1.807, 2.05) is 32.0 Å². The van der Waals surface area contributed by atoms with Gasteiger partial charge in [-0.1, -0.05) is 12.6 Å². The van der Waals surface area contributed by atoms with E-state index in [2.05, 4.69) is 6.58 Å². The van der Waals surface area contributed by atoms with Crippen LogP contribution in [-0.2, 0) is 19.1 Å². The van der Waals surface area contributed by atoms with Crippen molar-refractivity contribution in [1.29, 1.82) is 0 Å². The molecule has 2 rings (SSSR count). The van der Waals surface area contributed by atoms with Crippen LogP contribution < -0.4 is 4.74 Å². The summed E-state index contributed by atoms with van der Waals surface area (Å²) in [4.78, 5) is 24.5. The molecule has 0 bridgehead atoms. The molecule has 0 radical (unpaired) electrons. The van der Waals surface area contributed by atoms with E-state index >= 15 is 0 Å². The van der Waals surface area contributed by atoms with Gasteiger partial charge in [-0.05, 0) is 49.6 Å². The van der Waals surface area contributed by atoms with Crippen LogP contribution in [0.4, 0.5) is 0 Å². The third-order valence-corrected chi connectivity index (χ3v) is 4.03. The average Bonchev–Trinajstić information content (AvgIpc) is 2.86. The largest absolute Gasteiger partial charge is 0.494 e. The molecule has 0 N–H and O–H groups in total. The number of benzene rings is 1. The van der Waals surface area contributed by atoms with Gasteiger partial charge in [-0.3, -0.25) is 0 Å². The second-order valence-corrected chi connectivity index (χ2v) is 5.39. The Hall–Kier alpha value is -2.56. The Morgan fingerprint density at radius 3 is 2.50 bits per heavy atom. The number of esters is 2. The zero-order valence-corrected chi connectivity index (χ0v) is 14.5. The minimum Gasteiger partial charge on any atom is -0.494 e. The van der Waals surface area contributed by atoms with Gasteiger partial charge < -0.3 is 14.2 Å². The first-order chi connectivity index (χ1) is 11.5. The van der Waals surface area contributed by atoms with E-state index in [9.17, 15) is 9.59 Å². The fourth-order valence-electron chi connectivity index (χ4n) is 2.98. The van der Waals surface area contributed by atoms with Crippen LogP contribution >= 0.6 is 0 Å². The van der Waals surface area contributed by atoms with Gasteiger partial charge in [0.15, 0.2) is 0 Å². The zero-order chi connectivity index (χ0) is 17.9. The second kappa shape index (κ2) is 7.34. The summed E-state index contributed by atoms with van der Waals surface area (Å²) >= 11 is 0. The van der Waals surface area contributed by atoms with Gasteiger partial charge in [0.2, 0.25) is 0 Å². The summed E-state index contributed by atoms with van der Waals surface area (Å²) in [7, 11) is 1.32. The van der Waals surface area contributed by atoms with E-state index in [4.69, 9.17) is 14.2 Å². The monoisotopic (exact) mass is 330 g/mol. The highest BCUT2D eigenvalue weighted by Gasteiger charge is 2.38. The van der Waals surface area contributed by atoms with Crippen molar-refractivity contribution in [3.05, 3.63) is 47.1 Å². The number of carbonyl (C=O) groups excluding carboxylic acids is 2. The highest BCUT2D eigenvalue weighted by Crippen LogP contribution is 2.47. The predicted octanol–water partition coefficient (Wildman–Crippen LogP) is 3.25. The summed E-state index contributed by atoms with van der Waals surface area (Å²) in [5.41, 5.74) is 3.09. The van der Waals surface area contributed by atoms with Gasteiger partial charge in [-0.15, -0.1) is 0 Å². The quantitative estimate of drug-likeness (QED) is 0.592. The predicted molar refractivity (Wildman–Crippen MR) is 90.7 cm³/mol. The van der Waals surface area contributed by atoms with Gasteiger partial charge in [0.1, 0.15) is 5.75 Å². The van der Waals surface area contributed by atoms with Crippen molar-refractivity contribution in [3.63, 3.8) is 0 Å². The second-order valence-electron chi connectivity index (χ2n) is 5.39. The molecule has 0 aromatic heterocycles. The number of hydrogen-bond donors (Lipinski definition) is 0. The van der Waals surface area contributed by atoms with E-state index in [1.54, 1.807) is 6.92 Å². The molecule has 0 heterocycles. The third-order valence-electron chi connectivity index (χ3n) is 4.03. The number of rotatable bonds is 6. The minimum atomic E-state index is -0.591. The first-order valence-corrected chi connectivity index (χ1v) is 7.88. The third kappa shape index (κ3) is 3.07. The van der Waals surface area contributed by atoms with Gasteiger partial charge in [0, 0.05) is 11.5 Å². The molecular weight excluding hydrogens is 308 g/mol. The maximum absolute atomic E-state index is 12.3. The van der Waals surface area contributed by atoms with Crippen LogP contribution in [0.1, 0.15) is 37.8 Å². The SMILES string of the molecule is C=C(C(=O)OCC)C1C(C(=O)OC)=C(C)c2ccc(OCC)cc21. The van der Waals surface area contributed by atoms with Crippen molar-refractivity contribution in [3.8, 4) is 5.75 Å². The van der Waals surface area contributed by atoms with Crippen molar-refractivity contribution >= 4 is 17.5 Å². The van der Waals surface area contributed by atoms with Crippen molar-refractivity contribution in [2.45, 2.75) is 26.7 Å². The van der Waals surface area contributed by atoms with Crippen molar-refractivity contribution in [2.24, 2.45) is 0 Å². The first kappa shape index (κ1) is 17.8. The summed E-state index contributed by atoms with van der Waals surface area (Å²) in [6.07, 6.45) is 0. The smallest absolute Gasteiger partial charge is 0.335 e. The molecule has 5 heteroatoms. The minimum absolute atomic E-state index is 0.212. The molecule has 1 aliphatic carbocycles. The lowest BCUT2D eigenvalue weighted by Crippen LogP contribution is -2.18. The lowest BCUT2D eigenvalue weighted by Gasteiger charge is -2.18. The Morgan fingerprint density at radius 1 is 1.21 bits per heavy atom. The molecule has 0 fully saturated rings. The summed E-state index contributed by atoms with van der Waals surface area (Å²) < 4.78 is 15.5. The molecule has 1 aliphatic rings. The zero-order valence-electron chi connectivity index (χ0n) is 14.5. The van der Waals surface area contributed by atoms with E-state index in [0.717, 1.165) is 16.7 Å². The standard InChI is InChI=1S/C19H22O5/c1-6-23-13-8-9-14-11(3)17(19(21)22-5)16(15(14)10-13)12(4)18(20)24-7-2/h8-10,16H,4,6-7H2,1-3,5H3. The summed E-state index contributed by atoms with van der Waals surface area (Å²) in [5.74, 6) is -0.910. The van der Waals surface area contributed by atoms with E-state index in [1.165, 1.54) is 7.11 Å². The molecule has 0 amide bonds. The number of hydrogen-bond acceptors (Lipinski definition) is 5. The van der Waals surface area contributed by atoms with Gasteiger partial charge in [0.25, 0.3) is 0 Å². The summed E-state index contributed by atoms with van der Waals surface area (Å²) in [6, 6.07) is 5.57. The van der Waals surface area contributed by atoms with Crippen LogP contribution in [0.3, 0.4) is 0 Å². The molecule has 0 saturated carbocycles. The lowest BCUT2D eigenvalue weighted by molar-refractivity contribution is -0.138. The fraction of sp³-hybridized carbons (Fsp3) is 0.368. The van der Waals surface area contributed by atoms with Gasteiger partial charge in [-0.2, -0.15) is 0 Å². The highest BCUT2D eigenvalue weighted by atomic mass is 16.5.